The Bertz CT molecular complexity index is 215. The first-order valence-electron chi connectivity index (χ1n) is 8.32. The maximum absolute atomic E-state index is 8.96. The van der Waals surface area contributed by atoms with Crippen LogP contribution in [0.1, 0.15) is 51.9 Å². The minimum atomic E-state index is -0.137. The van der Waals surface area contributed by atoms with Crippen LogP contribution in [0, 0.1) is 0 Å². The van der Waals surface area contributed by atoms with Crippen molar-refractivity contribution in [2.75, 3.05) is 33.0 Å². The molecule has 2 saturated heterocycles. The van der Waals surface area contributed by atoms with Crippen LogP contribution in [0.15, 0.2) is 0 Å². The highest BCUT2D eigenvalue weighted by atomic mass is 16.6. The largest absolute Gasteiger partial charge is 0.396 e. The fraction of sp³-hybridized carbons (Fsp3) is 1.00. The van der Waals surface area contributed by atoms with Crippen molar-refractivity contribution in [2.24, 2.45) is 0 Å². The zero-order valence-electron chi connectivity index (χ0n) is 13.3. The van der Waals surface area contributed by atoms with Crippen molar-refractivity contribution in [3.63, 3.8) is 0 Å². The lowest BCUT2D eigenvalue weighted by atomic mass is 10.1. The lowest BCUT2D eigenvalue weighted by Crippen LogP contribution is -2.06. The van der Waals surface area contributed by atoms with Crippen molar-refractivity contribution < 1.29 is 24.4 Å². The van der Waals surface area contributed by atoms with Crippen LogP contribution in [-0.4, -0.2) is 61.6 Å². The fourth-order valence-electron chi connectivity index (χ4n) is 1.92. The molecule has 5 heteroatoms. The van der Waals surface area contributed by atoms with E-state index >= 15 is 0 Å². The molecular weight excluding hydrogens is 272 g/mol. The molecule has 0 aromatic carbocycles. The zero-order valence-corrected chi connectivity index (χ0v) is 13.3. The van der Waals surface area contributed by atoms with Crippen molar-refractivity contribution in [1.29, 1.82) is 0 Å². The van der Waals surface area contributed by atoms with Gasteiger partial charge in [-0.05, 0) is 19.8 Å². The normalized spacial score (nSPS) is 24.1. The molecular formula is C16H32O5. The van der Waals surface area contributed by atoms with E-state index in [0.29, 0.717) is 18.8 Å². The van der Waals surface area contributed by atoms with Gasteiger partial charge in [0.2, 0.25) is 0 Å². The molecule has 126 valence electrons. The van der Waals surface area contributed by atoms with Gasteiger partial charge in [-0.15, -0.1) is 0 Å². The van der Waals surface area contributed by atoms with Crippen LogP contribution in [0.4, 0.5) is 0 Å². The van der Waals surface area contributed by atoms with Crippen LogP contribution in [0.25, 0.3) is 0 Å². The van der Waals surface area contributed by atoms with E-state index in [4.69, 9.17) is 24.4 Å². The monoisotopic (exact) mass is 304 g/mol. The second-order valence-corrected chi connectivity index (χ2v) is 5.93. The van der Waals surface area contributed by atoms with Crippen molar-refractivity contribution in [1.82, 2.24) is 0 Å². The second kappa shape index (κ2) is 12.4. The predicted molar refractivity (Wildman–Crippen MR) is 81.4 cm³/mol. The maximum atomic E-state index is 8.96. The lowest BCUT2D eigenvalue weighted by molar-refractivity contribution is 0.102. The van der Waals surface area contributed by atoms with Gasteiger partial charge in [0.15, 0.2) is 0 Å². The summed E-state index contributed by atoms with van der Waals surface area (Å²) in [6.45, 7) is 5.43. The van der Waals surface area contributed by atoms with Gasteiger partial charge in [-0.1, -0.05) is 32.1 Å². The van der Waals surface area contributed by atoms with Gasteiger partial charge in [0.05, 0.1) is 32.5 Å². The van der Waals surface area contributed by atoms with E-state index in [0.717, 1.165) is 52.1 Å². The highest BCUT2D eigenvalue weighted by Gasteiger charge is 2.26. The van der Waals surface area contributed by atoms with Crippen molar-refractivity contribution in [3.05, 3.63) is 0 Å². The van der Waals surface area contributed by atoms with Crippen molar-refractivity contribution in [2.45, 2.75) is 70.2 Å². The fourth-order valence-corrected chi connectivity index (χ4v) is 1.92. The molecule has 0 aliphatic carbocycles. The molecule has 2 fully saturated rings. The highest BCUT2D eigenvalue weighted by Crippen LogP contribution is 2.12. The molecule has 0 bridgehead atoms. The molecule has 2 aliphatic heterocycles. The Morgan fingerprint density at radius 2 is 1.43 bits per heavy atom. The van der Waals surface area contributed by atoms with E-state index in [1.165, 1.54) is 19.3 Å². The number of ether oxygens (including phenoxy) is 3. The summed E-state index contributed by atoms with van der Waals surface area (Å²) in [7, 11) is 0. The molecule has 0 aromatic rings. The van der Waals surface area contributed by atoms with Gasteiger partial charge in [0, 0.05) is 6.61 Å². The average molecular weight is 304 g/mol. The smallest absolute Gasteiger partial charge is 0.104 e. The quantitative estimate of drug-likeness (QED) is 0.425. The maximum Gasteiger partial charge on any atom is 0.104 e. The van der Waals surface area contributed by atoms with Crippen LogP contribution < -0.4 is 0 Å². The average Bonchev–Trinajstić information content (AvgIpc) is 3.33. The molecule has 3 unspecified atom stereocenters. The van der Waals surface area contributed by atoms with Gasteiger partial charge in [-0.2, -0.15) is 0 Å². The van der Waals surface area contributed by atoms with Gasteiger partial charge in [0.25, 0.3) is 0 Å². The summed E-state index contributed by atoms with van der Waals surface area (Å²) in [5, 5.41) is 17.5. The van der Waals surface area contributed by atoms with Gasteiger partial charge in [-0.3, -0.25) is 0 Å². The van der Waals surface area contributed by atoms with Crippen LogP contribution >= 0.6 is 0 Å². The summed E-state index contributed by atoms with van der Waals surface area (Å²) in [4.78, 5) is 0. The minimum absolute atomic E-state index is 0.137. The molecule has 0 aromatic heterocycles. The van der Waals surface area contributed by atoms with Gasteiger partial charge in [0.1, 0.15) is 12.2 Å². The summed E-state index contributed by atoms with van der Waals surface area (Å²) >= 11 is 0. The first-order chi connectivity index (χ1) is 10.2. The molecule has 0 amide bonds. The predicted octanol–water partition coefficient (Wildman–Crippen LogP) is 1.89. The lowest BCUT2D eigenvalue weighted by Gasteiger charge is -2.03. The van der Waals surface area contributed by atoms with E-state index < -0.39 is 0 Å². The molecule has 0 radical (unpaired) electrons. The van der Waals surface area contributed by atoms with Gasteiger partial charge in [-0.25, -0.2) is 0 Å². The molecule has 2 aliphatic rings. The molecule has 2 N–H and O–H groups in total. The minimum Gasteiger partial charge on any atom is -0.396 e. The molecule has 0 saturated carbocycles. The van der Waals surface area contributed by atoms with E-state index in [2.05, 4.69) is 0 Å². The first-order valence-corrected chi connectivity index (χ1v) is 8.32. The molecule has 0 spiro atoms. The Labute approximate surface area is 128 Å². The summed E-state index contributed by atoms with van der Waals surface area (Å²) < 4.78 is 15.1. The van der Waals surface area contributed by atoms with Crippen molar-refractivity contribution in [3.8, 4) is 0 Å². The van der Waals surface area contributed by atoms with E-state index in [-0.39, 0.29) is 6.10 Å². The SMILES string of the molecule is C(OCC1CO1)C1CO1.CC(O)CCCCCCCCO. The number of rotatable bonds is 12. The third-order valence-corrected chi connectivity index (χ3v) is 3.44. The molecule has 2 rings (SSSR count). The number of aliphatic hydroxyl groups excluding tert-OH is 2. The number of epoxide rings is 2. The first kappa shape index (κ1) is 18.8. The zero-order chi connectivity index (χ0) is 15.3. The van der Waals surface area contributed by atoms with Gasteiger partial charge < -0.3 is 24.4 Å². The molecule has 3 atom stereocenters. The third-order valence-electron chi connectivity index (χ3n) is 3.44. The number of unbranched alkanes of at least 4 members (excludes halogenated alkanes) is 5. The van der Waals surface area contributed by atoms with Gasteiger partial charge >= 0.3 is 0 Å². The third kappa shape index (κ3) is 14.5. The standard InChI is InChI=1S/C10H22O2.C6H10O3/c1-10(12)8-6-4-2-3-5-7-9-11;1(5-3-8-5)7-2-6-4-9-6/h10-12H,2-9H2,1H3;5-6H,1-4H2. The van der Waals surface area contributed by atoms with Crippen LogP contribution in [-0.2, 0) is 14.2 Å². The highest BCUT2D eigenvalue weighted by molar-refractivity contribution is 4.71. The number of aliphatic hydroxyl groups is 2. The molecule has 5 nitrogen and oxygen atoms in total. The topological polar surface area (TPSA) is 74.8 Å². The summed E-state index contributed by atoms with van der Waals surface area (Å²) in [6.07, 6.45) is 8.48. The van der Waals surface area contributed by atoms with E-state index in [1.807, 2.05) is 6.92 Å². The Morgan fingerprint density at radius 1 is 0.952 bits per heavy atom. The van der Waals surface area contributed by atoms with Crippen LogP contribution in [0.2, 0.25) is 0 Å². The molecule has 2 heterocycles. The Hall–Kier alpha value is -0.200. The van der Waals surface area contributed by atoms with E-state index in [1.54, 1.807) is 0 Å². The summed E-state index contributed by atoms with van der Waals surface area (Å²) in [5.74, 6) is 0. The van der Waals surface area contributed by atoms with Crippen LogP contribution in [0.3, 0.4) is 0 Å². The number of hydrogen-bond acceptors (Lipinski definition) is 5. The molecule has 21 heavy (non-hydrogen) atoms. The number of hydrogen-bond donors (Lipinski definition) is 2. The summed E-state index contributed by atoms with van der Waals surface area (Å²) in [6, 6.07) is 0. The van der Waals surface area contributed by atoms with Crippen molar-refractivity contribution >= 4 is 0 Å². The Morgan fingerprint density at radius 3 is 1.86 bits per heavy atom. The van der Waals surface area contributed by atoms with E-state index in [9.17, 15) is 0 Å². The Kier molecular flexibility index (Phi) is 11.1. The second-order valence-electron chi connectivity index (χ2n) is 5.93. The van der Waals surface area contributed by atoms with Crippen LogP contribution in [0.5, 0.6) is 0 Å². The summed E-state index contributed by atoms with van der Waals surface area (Å²) in [5.41, 5.74) is 0. The Balaban J connectivity index is 0.000000216.